The average Bonchev–Trinajstić information content (AvgIpc) is 2.75. The van der Waals surface area contributed by atoms with Crippen molar-refractivity contribution in [3.05, 3.63) is 16.1 Å². The van der Waals surface area contributed by atoms with Gasteiger partial charge in [0.25, 0.3) is 0 Å². The molecule has 0 radical (unpaired) electrons. The van der Waals surface area contributed by atoms with E-state index >= 15 is 0 Å². The van der Waals surface area contributed by atoms with Gasteiger partial charge < -0.3 is 4.74 Å². The van der Waals surface area contributed by atoms with Crippen molar-refractivity contribution in [3.63, 3.8) is 0 Å². The number of nitrogens with zero attached hydrogens (tertiary/aromatic N) is 2. The molecule has 0 N–H and O–H groups in total. The quantitative estimate of drug-likeness (QED) is 0.753. The number of carbonyl (C=O) groups is 1. The van der Waals surface area contributed by atoms with E-state index in [-0.39, 0.29) is 11.4 Å². The molecule has 0 unspecified atom stereocenters. The predicted molar refractivity (Wildman–Crippen MR) is 78.4 cm³/mol. The monoisotopic (exact) mass is 284 g/mol. The molecule has 1 aromatic rings. The van der Waals surface area contributed by atoms with E-state index in [4.69, 9.17) is 4.74 Å². The Labute approximate surface area is 119 Å². The summed E-state index contributed by atoms with van der Waals surface area (Å²) in [5.74, 6) is -0.135. The van der Waals surface area contributed by atoms with Crippen LogP contribution in [0, 0.1) is 0 Å². The zero-order valence-electron chi connectivity index (χ0n) is 12.5. The third-order valence-electron chi connectivity index (χ3n) is 2.73. The van der Waals surface area contributed by atoms with Crippen molar-refractivity contribution in [3.8, 4) is 0 Å². The molecule has 0 fully saturated rings. The summed E-state index contributed by atoms with van der Waals surface area (Å²) >= 11 is 1.68. The van der Waals surface area contributed by atoms with E-state index in [0.29, 0.717) is 19.6 Å². The minimum atomic E-state index is -0.135. The molecule has 1 aromatic heterocycles. The maximum atomic E-state index is 11.3. The van der Waals surface area contributed by atoms with Crippen LogP contribution in [0.25, 0.3) is 0 Å². The second kappa shape index (κ2) is 7.01. The van der Waals surface area contributed by atoms with Gasteiger partial charge in [-0.1, -0.05) is 20.8 Å². The van der Waals surface area contributed by atoms with Crippen molar-refractivity contribution >= 4 is 17.3 Å². The van der Waals surface area contributed by atoms with Crippen LogP contribution >= 0.6 is 11.3 Å². The van der Waals surface area contributed by atoms with Gasteiger partial charge in [-0.05, 0) is 14.0 Å². The molecular weight excluding hydrogens is 260 g/mol. The first kappa shape index (κ1) is 16.1. The van der Waals surface area contributed by atoms with Crippen molar-refractivity contribution in [1.82, 2.24) is 9.88 Å². The van der Waals surface area contributed by atoms with Crippen molar-refractivity contribution in [2.75, 3.05) is 20.2 Å². The Hall–Kier alpha value is -0.940. The fraction of sp³-hybridized carbons (Fsp3) is 0.714. The van der Waals surface area contributed by atoms with Crippen LogP contribution in [0.1, 0.15) is 44.8 Å². The topological polar surface area (TPSA) is 42.4 Å². The first-order chi connectivity index (χ1) is 8.82. The van der Waals surface area contributed by atoms with E-state index in [1.165, 1.54) is 0 Å². The minimum Gasteiger partial charge on any atom is -0.466 e. The molecule has 0 bridgehead atoms. The average molecular weight is 284 g/mol. The standard InChI is InChI=1S/C14H24N2O2S/c1-6-18-13(17)7-8-16(5)9-12-15-11(10-19-12)14(2,3)4/h10H,6-9H2,1-5H3. The van der Waals surface area contributed by atoms with E-state index < -0.39 is 0 Å². The summed E-state index contributed by atoms with van der Waals surface area (Å²) in [5, 5.41) is 3.21. The zero-order chi connectivity index (χ0) is 14.5. The molecule has 0 spiro atoms. The van der Waals surface area contributed by atoms with Gasteiger partial charge in [-0.15, -0.1) is 11.3 Å². The number of carbonyl (C=O) groups excluding carboxylic acids is 1. The van der Waals surface area contributed by atoms with E-state index in [0.717, 1.165) is 17.2 Å². The van der Waals surface area contributed by atoms with Gasteiger partial charge >= 0.3 is 5.97 Å². The van der Waals surface area contributed by atoms with Crippen LogP contribution in [0.2, 0.25) is 0 Å². The van der Waals surface area contributed by atoms with Gasteiger partial charge in [0, 0.05) is 17.3 Å². The number of aromatic nitrogens is 1. The normalized spacial score (nSPS) is 11.9. The highest BCUT2D eigenvalue weighted by atomic mass is 32.1. The summed E-state index contributed by atoms with van der Waals surface area (Å²) in [6.07, 6.45) is 0.432. The smallest absolute Gasteiger partial charge is 0.307 e. The van der Waals surface area contributed by atoms with Gasteiger partial charge in [-0.3, -0.25) is 9.69 Å². The van der Waals surface area contributed by atoms with Crippen LogP contribution in [0.15, 0.2) is 5.38 Å². The number of esters is 1. The van der Waals surface area contributed by atoms with Crippen LogP contribution in [-0.4, -0.2) is 36.1 Å². The van der Waals surface area contributed by atoms with E-state index in [2.05, 4.69) is 36.0 Å². The molecule has 5 heteroatoms. The van der Waals surface area contributed by atoms with Gasteiger partial charge in [0.1, 0.15) is 5.01 Å². The Morgan fingerprint density at radius 1 is 1.47 bits per heavy atom. The molecule has 0 aliphatic heterocycles. The highest BCUT2D eigenvalue weighted by Gasteiger charge is 2.17. The molecule has 0 aromatic carbocycles. The molecule has 0 amide bonds. The molecule has 108 valence electrons. The number of hydrogen-bond donors (Lipinski definition) is 0. The number of ether oxygens (including phenoxy) is 1. The van der Waals surface area contributed by atoms with Crippen LogP contribution in [-0.2, 0) is 21.5 Å². The number of thiazole rings is 1. The Morgan fingerprint density at radius 3 is 2.68 bits per heavy atom. The Morgan fingerprint density at radius 2 is 2.16 bits per heavy atom. The van der Waals surface area contributed by atoms with Gasteiger partial charge in [-0.25, -0.2) is 4.98 Å². The zero-order valence-corrected chi connectivity index (χ0v) is 13.3. The first-order valence-electron chi connectivity index (χ1n) is 6.62. The molecule has 4 nitrogen and oxygen atoms in total. The molecule has 0 saturated heterocycles. The number of hydrogen-bond acceptors (Lipinski definition) is 5. The fourth-order valence-electron chi connectivity index (χ4n) is 1.55. The van der Waals surface area contributed by atoms with Crippen molar-refractivity contribution in [1.29, 1.82) is 0 Å². The molecule has 1 rings (SSSR count). The summed E-state index contributed by atoms with van der Waals surface area (Å²) < 4.78 is 4.91. The van der Waals surface area contributed by atoms with Crippen LogP contribution in [0.3, 0.4) is 0 Å². The molecule has 0 aliphatic rings. The molecule has 1 heterocycles. The first-order valence-corrected chi connectivity index (χ1v) is 7.50. The Balaban J connectivity index is 2.42. The van der Waals surface area contributed by atoms with Crippen LogP contribution < -0.4 is 0 Å². The van der Waals surface area contributed by atoms with Crippen molar-refractivity contribution < 1.29 is 9.53 Å². The maximum absolute atomic E-state index is 11.3. The van der Waals surface area contributed by atoms with Crippen LogP contribution in [0.5, 0.6) is 0 Å². The predicted octanol–water partition coefficient (Wildman–Crippen LogP) is 2.83. The van der Waals surface area contributed by atoms with Gasteiger partial charge in [-0.2, -0.15) is 0 Å². The Bertz CT molecular complexity index is 410. The van der Waals surface area contributed by atoms with Crippen molar-refractivity contribution in [2.45, 2.75) is 46.1 Å². The van der Waals surface area contributed by atoms with Gasteiger partial charge in [0.15, 0.2) is 0 Å². The third-order valence-corrected chi connectivity index (χ3v) is 3.56. The van der Waals surface area contributed by atoms with Crippen molar-refractivity contribution in [2.24, 2.45) is 0 Å². The lowest BCUT2D eigenvalue weighted by Crippen LogP contribution is -2.22. The Kier molecular flexibility index (Phi) is 5.94. The van der Waals surface area contributed by atoms with Gasteiger partial charge in [0.2, 0.25) is 0 Å². The maximum Gasteiger partial charge on any atom is 0.307 e. The van der Waals surface area contributed by atoms with E-state index in [1.54, 1.807) is 11.3 Å². The van der Waals surface area contributed by atoms with E-state index in [9.17, 15) is 4.79 Å². The second-order valence-corrected chi connectivity index (χ2v) is 6.61. The summed E-state index contributed by atoms with van der Waals surface area (Å²) in [4.78, 5) is 18.0. The lowest BCUT2D eigenvalue weighted by Gasteiger charge is -2.16. The minimum absolute atomic E-state index is 0.0955. The highest BCUT2D eigenvalue weighted by molar-refractivity contribution is 7.09. The third kappa shape index (κ3) is 5.70. The SMILES string of the molecule is CCOC(=O)CCN(C)Cc1nc(C(C)(C)C)cs1. The van der Waals surface area contributed by atoms with E-state index in [1.807, 2.05) is 14.0 Å². The lowest BCUT2D eigenvalue weighted by molar-refractivity contribution is -0.143. The van der Waals surface area contributed by atoms with Gasteiger partial charge in [0.05, 0.1) is 25.3 Å². The highest BCUT2D eigenvalue weighted by Crippen LogP contribution is 2.24. The summed E-state index contributed by atoms with van der Waals surface area (Å²) in [6, 6.07) is 0. The molecule has 0 saturated carbocycles. The number of rotatable bonds is 6. The largest absolute Gasteiger partial charge is 0.466 e. The lowest BCUT2D eigenvalue weighted by atomic mass is 9.93. The summed E-state index contributed by atoms with van der Waals surface area (Å²) in [7, 11) is 2.00. The summed E-state index contributed by atoms with van der Waals surface area (Å²) in [6.45, 7) is 10.2. The molecular formula is C14H24N2O2S. The summed E-state index contributed by atoms with van der Waals surface area (Å²) in [5.41, 5.74) is 1.23. The molecule has 0 atom stereocenters. The van der Waals surface area contributed by atoms with Crippen LogP contribution in [0.4, 0.5) is 0 Å². The molecule has 0 aliphatic carbocycles. The fourth-order valence-corrected chi connectivity index (χ4v) is 2.65. The second-order valence-electron chi connectivity index (χ2n) is 5.67. The molecule has 19 heavy (non-hydrogen) atoms.